The number of alkyl halides is 3. The highest BCUT2D eigenvalue weighted by Crippen LogP contribution is 2.31. The van der Waals surface area contributed by atoms with Crippen LogP contribution in [0.15, 0.2) is 77.7 Å². The molecule has 2 atom stereocenters. The van der Waals surface area contributed by atoms with Gasteiger partial charge in [0.1, 0.15) is 11.9 Å². The molecule has 1 aliphatic rings. The van der Waals surface area contributed by atoms with Gasteiger partial charge in [-0.1, -0.05) is 19.1 Å². The monoisotopic (exact) mass is 576 g/mol. The highest BCUT2D eigenvalue weighted by molar-refractivity contribution is 7.91. The van der Waals surface area contributed by atoms with Gasteiger partial charge in [-0.05, 0) is 72.6 Å². The third-order valence-corrected chi connectivity index (χ3v) is 8.62. The Balaban J connectivity index is 1.35. The molecular weight excluding hydrogens is 545 g/mol. The van der Waals surface area contributed by atoms with Crippen molar-refractivity contribution < 1.29 is 36.2 Å². The fourth-order valence-electron chi connectivity index (χ4n) is 4.56. The van der Waals surface area contributed by atoms with Gasteiger partial charge in [0.2, 0.25) is 0 Å². The molecule has 40 heavy (non-hydrogen) atoms. The summed E-state index contributed by atoms with van der Waals surface area (Å²) in [7, 11) is -3.34. The van der Waals surface area contributed by atoms with Crippen LogP contribution in [0.2, 0.25) is 0 Å². The third kappa shape index (κ3) is 7.14. The molecule has 0 saturated carbocycles. The van der Waals surface area contributed by atoms with Gasteiger partial charge >= 0.3 is 6.18 Å². The minimum atomic E-state index is -4.39. The first-order valence-electron chi connectivity index (χ1n) is 12.9. The molecule has 1 amide bonds. The molecule has 1 saturated heterocycles. The molecule has 0 aliphatic carbocycles. The number of carbonyl (C=O) groups excluding carboxylic acids is 1. The summed E-state index contributed by atoms with van der Waals surface area (Å²) in [6.45, 7) is 2.65. The number of sulfone groups is 1. The first kappa shape index (κ1) is 29.4. The smallest absolute Gasteiger partial charge is 0.416 e. The van der Waals surface area contributed by atoms with Gasteiger partial charge in [0.15, 0.2) is 9.84 Å². The number of anilines is 1. The van der Waals surface area contributed by atoms with Gasteiger partial charge in [-0.3, -0.25) is 4.79 Å². The Morgan fingerprint density at radius 2 is 1.70 bits per heavy atom. The van der Waals surface area contributed by atoms with Crippen LogP contribution in [0.4, 0.5) is 18.9 Å². The summed E-state index contributed by atoms with van der Waals surface area (Å²) in [6.07, 6.45) is -3.61. The van der Waals surface area contributed by atoms with Gasteiger partial charge in [-0.2, -0.15) is 13.2 Å². The minimum absolute atomic E-state index is 0.0105. The van der Waals surface area contributed by atoms with E-state index in [1.54, 1.807) is 31.2 Å². The van der Waals surface area contributed by atoms with Crippen molar-refractivity contribution in [3.05, 3.63) is 89.5 Å². The van der Waals surface area contributed by atoms with E-state index in [1.807, 2.05) is 12.1 Å². The number of carbonyl (C=O) groups is 1. The van der Waals surface area contributed by atoms with Gasteiger partial charge in [0, 0.05) is 30.8 Å². The lowest BCUT2D eigenvalue weighted by Crippen LogP contribution is -2.29. The van der Waals surface area contributed by atoms with Crippen LogP contribution >= 0.6 is 0 Å². The van der Waals surface area contributed by atoms with Crippen LogP contribution in [-0.2, 0) is 16.0 Å². The summed E-state index contributed by atoms with van der Waals surface area (Å²) in [6, 6.07) is 17.5. The number of benzene rings is 3. The van der Waals surface area contributed by atoms with Crippen molar-refractivity contribution >= 4 is 21.4 Å². The van der Waals surface area contributed by atoms with Crippen molar-refractivity contribution in [2.75, 3.05) is 30.3 Å². The number of ether oxygens (including phenoxy) is 1. The third-order valence-electron chi connectivity index (χ3n) is 6.87. The molecule has 7 nitrogen and oxygen atoms in total. The quantitative estimate of drug-likeness (QED) is 0.352. The van der Waals surface area contributed by atoms with Crippen molar-refractivity contribution in [1.82, 2.24) is 5.32 Å². The Bertz CT molecular complexity index is 1390. The fraction of sp³-hybridized carbons (Fsp3) is 0.345. The van der Waals surface area contributed by atoms with E-state index in [4.69, 9.17) is 4.74 Å². The lowest BCUT2D eigenvalue weighted by Gasteiger charge is -2.21. The van der Waals surface area contributed by atoms with Gasteiger partial charge in [0.25, 0.3) is 5.91 Å². The molecule has 1 aliphatic heterocycles. The molecule has 0 bridgehead atoms. The van der Waals surface area contributed by atoms with Crippen LogP contribution in [0, 0.1) is 0 Å². The normalized spacial score (nSPS) is 16.5. The van der Waals surface area contributed by atoms with E-state index in [0.29, 0.717) is 36.4 Å². The number of aliphatic hydroxyl groups is 1. The first-order valence-corrected chi connectivity index (χ1v) is 14.6. The van der Waals surface area contributed by atoms with Crippen LogP contribution in [0.25, 0.3) is 0 Å². The van der Waals surface area contributed by atoms with Gasteiger partial charge in [-0.25, -0.2) is 8.42 Å². The van der Waals surface area contributed by atoms with Crippen LogP contribution < -0.4 is 15.0 Å². The molecular formula is C29H31F3N2O5S. The van der Waals surface area contributed by atoms with E-state index >= 15 is 0 Å². The number of aliphatic hydroxyl groups excluding tert-OH is 1. The predicted octanol–water partition coefficient (Wildman–Crippen LogP) is 5.01. The van der Waals surface area contributed by atoms with E-state index in [9.17, 15) is 31.5 Å². The SMILES string of the molecule is CCS(=O)(=O)c1ccc([C@H](CCO)NC(=O)c2ccc(N3CCC(Oc4ccc(C(F)(F)F)cc4)C3)cc2)cc1. The molecule has 2 N–H and O–H groups in total. The molecule has 1 fully saturated rings. The van der Waals surface area contributed by atoms with Crippen molar-refractivity contribution in [3.63, 3.8) is 0 Å². The lowest BCUT2D eigenvalue weighted by molar-refractivity contribution is -0.137. The zero-order valence-corrected chi connectivity index (χ0v) is 22.7. The van der Waals surface area contributed by atoms with E-state index in [2.05, 4.69) is 10.2 Å². The molecule has 0 aromatic heterocycles. The molecule has 3 aromatic rings. The van der Waals surface area contributed by atoms with E-state index < -0.39 is 27.6 Å². The standard InChI is InChI=1S/C29H31F3N2O5S/c1-2-40(37,38)26-13-5-20(6-14-26)27(16-18-35)33-28(36)21-3-9-23(10-4-21)34-17-15-25(19-34)39-24-11-7-22(8-12-24)29(30,31)32/h3-14,25,27,35H,2,15-19H2,1H3,(H,33,36)/t25?,27-/m0/s1. The zero-order valence-electron chi connectivity index (χ0n) is 21.9. The van der Waals surface area contributed by atoms with Crippen molar-refractivity contribution in [3.8, 4) is 5.75 Å². The summed E-state index contributed by atoms with van der Waals surface area (Å²) in [5, 5.41) is 12.4. The Morgan fingerprint density at radius 3 is 2.27 bits per heavy atom. The van der Waals surface area contributed by atoms with E-state index in [-0.39, 0.29) is 35.7 Å². The van der Waals surface area contributed by atoms with Crippen molar-refractivity contribution in [2.24, 2.45) is 0 Å². The molecule has 3 aromatic carbocycles. The maximum Gasteiger partial charge on any atom is 0.416 e. The van der Waals surface area contributed by atoms with Gasteiger partial charge in [0.05, 0.1) is 28.8 Å². The Labute approximate surface area is 231 Å². The summed E-state index contributed by atoms with van der Waals surface area (Å²) in [5.74, 6) is 0.0368. The van der Waals surface area contributed by atoms with Crippen LogP contribution in [-0.4, -0.2) is 51.0 Å². The molecule has 1 unspecified atom stereocenters. The van der Waals surface area contributed by atoms with Crippen LogP contribution in [0.3, 0.4) is 0 Å². The number of amides is 1. The number of nitrogens with one attached hydrogen (secondary N) is 1. The maximum atomic E-state index is 13.0. The fourth-order valence-corrected chi connectivity index (χ4v) is 5.45. The molecule has 214 valence electrons. The number of hydrogen-bond acceptors (Lipinski definition) is 6. The Morgan fingerprint density at radius 1 is 1.05 bits per heavy atom. The highest BCUT2D eigenvalue weighted by Gasteiger charge is 2.30. The number of halogens is 3. The first-order chi connectivity index (χ1) is 19.0. The second-order valence-corrected chi connectivity index (χ2v) is 11.8. The van der Waals surface area contributed by atoms with E-state index in [0.717, 1.165) is 17.8 Å². The number of hydrogen-bond donors (Lipinski definition) is 2. The Hall–Kier alpha value is -3.57. The van der Waals surface area contributed by atoms with E-state index in [1.165, 1.54) is 24.3 Å². The second kappa shape index (κ2) is 12.3. The lowest BCUT2D eigenvalue weighted by atomic mass is 10.0. The molecule has 0 radical (unpaired) electrons. The van der Waals surface area contributed by atoms with Crippen LogP contribution in [0.1, 0.15) is 47.3 Å². The Kier molecular flexibility index (Phi) is 9.05. The molecule has 0 spiro atoms. The minimum Gasteiger partial charge on any atom is -0.489 e. The maximum absolute atomic E-state index is 13.0. The molecule has 11 heteroatoms. The zero-order chi connectivity index (χ0) is 28.9. The van der Waals surface area contributed by atoms with Crippen molar-refractivity contribution in [2.45, 2.75) is 43.0 Å². The summed E-state index contributed by atoms with van der Waals surface area (Å²) >= 11 is 0. The second-order valence-electron chi connectivity index (χ2n) is 9.55. The molecule has 4 rings (SSSR count). The summed E-state index contributed by atoms with van der Waals surface area (Å²) < 4.78 is 68.4. The number of rotatable bonds is 10. The predicted molar refractivity (Wildman–Crippen MR) is 145 cm³/mol. The average molecular weight is 577 g/mol. The highest BCUT2D eigenvalue weighted by atomic mass is 32.2. The topological polar surface area (TPSA) is 95.9 Å². The molecule has 1 heterocycles. The van der Waals surface area contributed by atoms with Crippen LogP contribution in [0.5, 0.6) is 5.75 Å². The van der Waals surface area contributed by atoms with Gasteiger partial charge in [-0.15, -0.1) is 0 Å². The van der Waals surface area contributed by atoms with Crippen molar-refractivity contribution in [1.29, 1.82) is 0 Å². The van der Waals surface area contributed by atoms with Gasteiger partial charge < -0.3 is 20.1 Å². The summed E-state index contributed by atoms with van der Waals surface area (Å²) in [4.78, 5) is 15.2. The number of nitrogens with zero attached hydrogens (tertiary/aromatic N) is 1. The largest absolute Gasteiger partial charge is 0.489 e. The average Bonchev–Trinajstić information content (AvgIpc) is 3.41. The summed E-state index contributed by atoms with van der Waals surface area (Å²) in [5.41, 5.74) is 1.27.